The van der Waals surface area contributed by atoms with E-state index in [9.17, 15) is 0 Å². The molecule has 0 aliphatic rings. The Hall–Kier alpha value is -7.16. The Kier molecular flexibility index (Phi) is 6.09. The van der Waals surface area contributed by atoms with Crippen molar-refractivity contribution in [2.75, 3.05) is 0 Å². The molecule has 0 aliphatic heterocycles. The zero-order valence-electron chi connectivity index (χ0n) is 29.1. The summed E-state index contributed by atoms with van der Waals surface area (Å²) < 4.78 is 12.6. The van der Waals surface area contributed by atoms with Crippen molar-refractivity contribution in [3.05, 3.63) is 182 Å². The van der Waals surface area contributed by atoms with Crippen LogP contribution in [0.15, 0.2) is 191 Å². The molecule has 0 amide bonds. The average molecular weight is 687 g/mol. The highest BCUT2D eigenvalue weighted by Gasteiger charge is 2.19. The molecule has 12 aromatic rings. The third kappa shape index (κ3) is 4.28. The number of hydrogen-bond donors (Lipinski definition) is 0. The van der Waals surface area contributed by atoms with Crippen molar-refractivity contribution in [3.63, 3.8) is 0 Å². The highest BCUT2D eigenvalue weighted by molar-refractivity contribution is 6.24. The van der Waals surface area contributed by atoms with E-state index in [4.69, 9.17) is 8.83 Å². The zero-order valence-corrected chi connectivity index (χ0v) is 29.1. The zero-order chi connectivity index (χ0) is 35.3. The fourth-order valence-electron chi connectivity index (χ4n) is 8.94. The quantitative estimate of drug-likeness (QED) is 0.173. The fraction of sp³-hybridized carbons (Fsp3) is 0. The fourth-order valence-corrected chi connectivity index (χ4v) is 8.94. The molecule has 10 aromatic carbocycles. The summed E-state index contributed by atoms with van der Waals surface area (Å²) in [5, 5.41) is 14.3. The van der Waals surface area contributed by atoms with Gasteiger partial charge in [-0.3, -0.25) is 0 Å². The van der Waals surface area contributed by atoms with Crippen molar-refractivity contribution < 1.29 is 8.83 Å². The topological polar surface area (TPSA) is 26.3 Å². The van der Waals surface area contributed by atoms with Gasteiger partial charge in [0.1, 0.15) is 22.3 Å². The summed E-state index contributed by atoms with van der Waals surface area (Å²) in [6.45, 7) is 0. The third-order valence-electron chi connectivity index (χ3n) is 11.4. The van der Waals surface area contributed by atoms with Gasteiger partial charge in [-0.1, -0.05) is 140 Å². The van der Waals surface area contributed by atoms with Crippen LogP contribution < -0.4 is 0 Å². The summed E-state index contributed by atoms with van der Waals surface area (Å²) in [6, 6.07) is 65.9. The summed E-state index contributed by atoms with van der Waals surface area (Å²) in [5.74, 6) is 0. The lowest BCUT2D eigenvalue weighted by molar-refractivity contribution is 0.656. The lowest BCUT2D eigenvalue weighted by Gasteiger charge is -2.19. The number of para-hydroxylation sites is 1. The van der Waals surface area contributed by atoms with Crippen molar-refractivity contribution in [3.8, 4) is 33.4 Å². The standard InChI is InChI=1S/C52H30O2/c1-2-15-37-31(11-1)12-10-21-39(37)52-42-19-5-3-17-40(42)51(41-18-4-6-20-43(41)52)35-14-9-13-32(25-35)33-23-24-34-27-44-46-29-45-38-16-7-8-22-47(38)53-49(45)30-50(46)54-48(44)28-36(34)26-33/h1-30H. The Balaban J connectivity index is 1.02. The first-order chi connectivity index (χ1) is 26.7. The molecule has 0 fully saturated rings. The Labute approximate surface area is 310 Å². The summed E-state index contributed by atoms with van der Waals surface area (Å²) in [4.78, 5) is 0. The second-order valence-electron chi connectivity index (χ2n) is 14.4. The number of benzene rings is 10. The number of furan rings is 2. The van der Waals surface area contributed by atoms with Gasteiger partial charge >= 0.3 is 0 Å². The molecule has 0 saturated heterocycles. The van der Waals surface area contributed by atoms with Crippen molar-refractivity contribution in [2.24, 2.45) is 0 Å². The van der Waals surface area contributed by atoms with Gasteiger partial charge in [0.2, 0.25) is 0 Å². The Morgan fingerprint density at radius 3 is 1.59 bits per heavy atom. The van der Waals surface area contributed by atoms with E-state index in [1.165, 1.54) is 71.1 Å². The predicted molar refractivity (Wildman–Crippen MR) is 227 cm³/mol. The van der Waals surface area contributed by atoms with Crippen LogP contribution in [-0.4, -0.2) is 0 Å². The summed E-state index contributed by atoms with van der Waals surface area (Å²) >= 11 is 0. The highest BCUT2D eigenvalue weighted by Crippen LogP contribution is 2.46. The molecule has 0 unspecified atom stereocenters. The molecule has 0 bridgehead atoms. The third-order valence-corrected chi connectivity index (χ3v) is 11.4. The Bertz CT molecular complexity index is 3440. The van der Waals surface area contributed by atoms with Crippen molar-refractivity contribution in [1.29, 1.82) is 0 Å². The van der Waals surface area contributed by atoms with Crippen molar-refractivity contribution >= 4 is 87.0 Å². The van der Waals surface area contributed by atoms with E-state index in [0.717, 1.165) is 49.3 Å². The molecule has 0 atom stereocenters. The summed E-state index contributed by atoms with van der Waals surface area (Å²) in [7, 11) is 0. The van der Waals surface area contributed by atoms with Crippen LogP contribution in [0.3, 0.4) is 0 Å². The Morgan fingerprint density at radius 2 is 0.796 bits per heavy atom. The van der Waals surface area contributed by atoms with E-state index >= 15 is 0 Å². The minimum atomic E-state index is 0.839. The summed E-state index contributed by atoms with van der Waals surface area (Å²) in [6.07, 6.45) is 0. The molecule has 2 aromatic heterocycles. The van der Waals surface area contributed by atoms with Crippen LogP contribution in [-0.2, 0) is 0 Å². The summed E-state index contributed by atoms with van der Waals surface area (Å²) in [5.41, 5.74) is 10.8. The van der Waals surface area contributed by atoms with Crippen LogP contribution in [0, 0.1) is 0 Å². The van der Waals surface area contributed by atoms with Gasteiger partial charge in [-0.15, -0.1) is 0 Å². The molecule has 250 valence electrons. The van der Waals surface area contributed by atoms with Gasteiger partial charge in [-0.25, -0.2) is 0 Å². The van der Waals surface area contributed by atoms with Crippen LogP contribution in [0.4, 0.5) is 0 Å². The molecule has 2 nitrogen and oxygen atoms in total. The maximum atomic E-state index is 6.47. The van der Waals surface area contributed by atoms with Gasteiger partial charge < -0.3 is 8.83 Å². The van der Waals surface area contributed by atoms with Gasteiger partial charge in [0.15, 0.2) is 0 Å². The van der Waals surface area contributed by atoms with Gasteiger partial charge in [0.25, 0.3) is 0 Å². The highest BCUT2D eigenvalue weighted by atomic mass is 16.3. The number of rotatable bonds is 3. The second kappa shape index (κ2) is 11.2. The molecule has 2 heteroatoms. The van der Waals surface area contributed by atoms with Gasteiger partial charge in [-0.2, -0.15) is 0 Å². The second-order valence-corrected chi connectivity index (χ2v) is 14.4. The first kappa shape index (κ1) is 29.4. The normalized spacial score (nSPS) is 12.1. The SMILES string of the molecule is c1cc(-c2ccc3cc4c(cc3c2)oc2cc3oc5ccccc5c3cc24)cc(-c2c3ccccc3c(-c3cccc4ccccc34)c3ccccc23)c1. The van der Waals surface area contributed by atoms with Gasteiger partial charge in [0, 0.05) is 27.6 Å². The van der Waals surface area contributed by atoms with Gasteiger partial charge in [0.05, 0.1) is 0 Å². The van der Waals surface area contributed by atoms with E-state index in [1.807, 2.05) is 18.2 Å². The molecule has 0 N–H and O–H groups in total. The lowest BCUT2D eigenvalue weighted by Crippen LogP contribution is -1.92. The molecular formula is C52H30O2. The molecule has 0 saturated carbocycles. The molecule has 0 aliphatic carbocycles. The predicted octanol–water partition coefficient (Wildman–Crippen LogP) is 15.1. The average Bonchev–Trinajstić information content (AvgIpc) is 3.77. The minimum absolute atomic E-state index is 0.839. The molecule has 0 spiro atoms. The van der Waals surface area contributed by atoms with Crippen LogP contribution >= 0.6 is 0 Å². The van der Waals surface area contributed by atoms with Crippen LogP contribution in [0.5, 0.6) is 0 Å². The monoisotopic (exact) mass is 686 g/mol. The van der Waals surface area contributed by atoms with Crippen molar-refractivity contribution in [2.45, 2.75) is 0 Å². The van der Waals surface area contributed by atoms with Crippen LogP contribution in [0.25, 0.3) is 120 Å². The lowest BCUT2D eigenvalue weighted by atomic mass is 9.84. The van der Waals surface area contributed by atoms with E-state index in [-0.39, 0.29) is 0 Å². The van der Waals surface area contributed by atoms with E-state index in [1.54, 1.807) is 0 Å². The first-order valence-electron chi connectivity index (χ1n) is 18.5. The number of hydrogen-bond acceptors (Lipinski definition) is 2. The first-order valence-corrected chi connectivity index (χ1v) is 18.5. The minimum Gasteiger partial charge on any atom is -0.456 e. The van der Waals surface area contributed by atoms with Gasteiger partial charge in [-0.05, 0) is 113 Å². The molecule has 0 radical (unpaired) electrons. The van der Waals surface area contributed by atoms with E-state index < -0.39 is 0 Å². The molecular weight excluding hydrogens is 657 g/mol. The van der Waals surface area contributed by atoms with Crippen LogP contribution in [0.1, 0.15) is 0 Å². The smallest absolute Gasteiger partial charge is 0.139 e. The molecule has 54 heavy (non-hydrogen) atoms. The molecule has 2 heterocycles. The maximum Gasteiger partial charge on any atom is 0.139 e. The number of fused-ring (bicyclic) bond motifs is 10. The molecule has 12 rings (SSSR count). The largest absolute Gasteiger partial charge is 0.456 e. The van der Waals surface area contributed by atoms with E-state index in [0.29, 0.717) is 0 Å². The maximum absolute atomic E-state index is 6.47. The van der Waals surface area contributed by atoms with E-state index in [2.05, 4.69) is 164 Å². The van der Waals surface area contributed by atoms with Crippen molar-refractivity contribution in [1.82, 2.24) is 0 Å². The van der Waals surface area contributed by atoms with Crippen LogP contribution in [0.2, 0.25) is 0 Å². The Morgan fingerprint density at radius 1 is 0.241 bits per heavy atom.